The summed E-state index contributed by atoms with van der Waals surface area (Å²) in [6.45, 7) is 1.73. The SMILES string of the molecule is Cn1ccnc1CN1CCCC1CC(=O)O. The lowest BCUT2D eigenvalue weighted by atomic mass is 10.1. The molecular weight excluding hydrogens is 206 g/mol. The minimum absolute atomic E-state index is 0.175. The lowest BCUT2D eigenvalue weighted by molar-refractivity contribution is -0.138. The maximum Gasteiger partial charge on any atom is 0.304 e. The maximum atomic E-state index is 10.7. The Morgan fingerprint density at radius 2 is 2.50 bits per heavy atom. The average Bonchev–Trinajstić information content (AvgIpc) is 2.78. The molecule has 1 atom stereocenters. The van der Waals surface area contributed by atoms with Crippen molar-refractivity contribution in [1.29, 1.82) is 0 Å². The number of aromatic nitrogens is 2. The van der Waals surface area contributed by atoms with Crippen LogP contribution in [0.4, 0.5) is 0 Å². The minimum atomic E-state index is -0.711. The average molecular weight is 223 g/mol. The number of carboxylic acid groups (broad SMARTS) is 1. The van der Waals surface area contributed by atoms with E-state index < -0.39 is 5.97 Å². The van der Waals surface area contributed by atoms with Gasteiger partial charge in [-0.25, -0.2) is 4.98 Å². The number of nitrogens with zero attached hydrogens (tertiary/aromatic N) is 3. The van der Waals surface area contributed by atoms with Gasteiger partial charge in [0.05, 0.1) is 13.0 Å². The zero-order valence-electron chi connectivity index (χ0n) is 9.46. The van der Waals surface area contributed by atoms with Gasteiger partial charge in [-0.05, 0) is 19.4 Å². The van der Waals surface area contributed by atoms with Crippen molar-refractivity contribution in [2.24, 2.45) is 7.05 Å². The molecule has 0 radical (unpaired) electrons. The van der Waals surface area contributed by atoms with Crippen LogP contribution < -0.4 is 0 Å². The molecule has 0 saturated carbocycles. The first kappa shape index (κ1) is 11.1. The largest absolute Gasteiger partial charge is 0.481 e. The van der Waals surface area contributed by atoms with E-state index in [0.717, 1.165) is 31.8 Å². The second-order valence-electron chi connectivity index (χ2n) is 4.32. The predicted molar refractivity (Wildman–Crippen MR) is 58.9 cm³/mol. The van der Waals surface area contributed by atoms with Gasteiger partial charge in [-0.3, -0.25) is 9.69 Å². The molecule has 5 heteroatoms. The third kappa shape index (κ3) is 2.41. The van der Waals surface area contributed by atoms with Crippen LogP contribution in [0.5, 0.6) is 0 Å². The van der Waals surface area contributed by atoms with Gasteiger partial charge in [-0.2, -0.15) is 0 Å². The van der Waals surface area contributed by atoms with Gasteiger partial charge in [0.15, 0.2) is 0 Å². The van der Waals surface area contributed by atoms with Crippen molar-refractivity contribution >= 4 is 5.97 Å². The Balaban J connectivity index is 1.98. The summed E-state index contributed by atoms with van der Waals surface area (Å²) in [4.78, 5) is 17.2. The number of rotatable bonds is 4. The highest BCUT2D eigenvalue weighted by molar-refractivity contribution is 5.67. The van der Waals surface area contributed by atoms with E-state index >= 15 is 0 Å². The zero-order valence-corrected chi connectivity index (χ0v) is 9.46. The molecule has 1 aromatic heterocycles. The van der Waals surface area contributed by atoms with Crippen LogP contribution in [0, 0.1) is 0 Å². The minimum Gasteiger partial charge on any atom is -0.481 e. The summed E-state index contributed by atoms with van der Waals surface area (Å²) in [5, 5.41) is 8.82. The summed E-state index contributed by atoms with van der Waals surface area (Å²) < 4.78 is 1.98. The molecule has 88 valence electrons. The van der Waals surface area contributed by atoms with E-state index in [1.165, 1.54) is 0 Å². The molecule has 2 heterocycles. The van der Waals surface area contributed by atoms with Crippen LogP contribution in [0.2, 0.25) is 0 Å². The molecular formula is C11H17N3O2. The van der Waals surface area contributed by atoms with Crippen LogP contribution in [0.15, 0.2) is 12.4 Å². The summed E-state index contributed by atoms with van der Waals surface area (Å²) in [5.41, 5.74) is 0. The Morgan fingerprint density at radius 1 is 1.69 bits per heavy atom. The number of aliphatic carboxylic acids is 1. The normalized spacial score (nSPS) is 21.4. The van der Waals surface area contributed by atoms with Crippen LogP contribution in [0.1, 0.15) is 25.1 Å². The van der Waals surface area contributed by atoms with E-state index in [-0.39, 0.29) is 12.5 Å². The molecule has 1 aliphatic rings. The lowest BCUT2D eigenvalue weighted by Crippen LogP contribution is -2.31. The fraction of sp³-hybridized carbons (Fsp3) is 0.636. The number of hydrogen-bond donors (Lipinski definition) is 1. The van der Waals surface area contributed by atoms with Gasteiger partial charge in [0.2, 0.25) is 0 Å². The molecule has 1 N–H and O–H groups in total. The maximum absolute atomic E-state index is 10.7. The monoisotopic (exact) mass is 223 g/mol. The lowest BCUT2D eigenvalue weighted by Gasteiger charge is -2.22. The summed E-state index contributed by atoms with van der Waals surface area (Å²) in [5.74, 6) is 0.286. The van der Waals surface area contributed by atoms with Crippen molar-refractivity contribution in [3.63, 3.8) is 0 Å². The molecule has 1 aromatic rings. The third-order valence-corrected chi connectivity index (χ3v) is 3.17. The summed E-state index contributed by atoms with van der Waals surface area (Å²) in [6, 6.07) is 0.175. The van der Waals surface area contributed by atoms with Crippen molar-refractivity contribution < 1.29 is 9.90 Å². The van der Waals surface area contributed by atoms with Crippen molar-refractivity contribution in [3.8, 4) is 0 Å². The van der Waals surface area contributed by atoms with Gasteiger partial charge in [0.1, 0.15) is 5.82 Å². The number of aryl methyl sites for hydroxylation is 1. The molecule has 1 aliphatic heterocycles. The first-order chi connectivity index (χ1) is 7.66. The molecule has 1 fully saturated rings. The third-order valence-electron chi connectivity index (χ3n) is 3.17. The molecule has 0 amide bonds. The van der Waals surface area contributed by atoms with Gasteiger partial charge in [0.25, 0.3) is 0 Å². The quantitative estimate of drug-likeness (QED) is 0.822. The van der Waals surface area contributed by atoms with Gasteiger partial charge in [-0.15, -0.1) is 0 Å². The topological polar surface area (TPSA) is 58.4 Å². The Labute approximate surface area is 94.7 Å². The summed E-state index contributed by atoms with van der Waals surface area (Å²) in [6.07, 6.45) is 6.00. The number of hydrogen-bond acceptors (Lipinski definition) is 3. The Morgan fingerprint density at radius 3 is 3.12 bits per heavy atom. The van der Waals surface area contributed by atoms with E-state index in [9.17, 15) is 4.79 Å². The highest BCUT2D eigenvalue weighted by Crippen LogP contribution is 2.21. The van der Waals surface area contributed by atoms with Crippen LogP contribution >= 0.6 is 0 Å². The summed E-state index contributed by atoms with van der Waals surface area (Å²) >= 11 is 0. The highest BCUT2D eigenvalue weighted by Gasteiger charge is 2.27. The molecule has 1 saturated heterocycles. The Hall–Kier alpha value is -1.36. The molecule has 1 unspecified atom stereocenters. The molecule has 16 heavy (non-hydrogen) atoms. The van der Waals surface area contributed by atoms with E-state index in [1.807, 2.05) is 17.8 Å². The second-order valence-corrected chi connectivity index (χ2v) is 4.32. The van der Waals surface area contributed by atoms with Gasteiger partial charge in [0, 0.05) is 25.5 Å². The first-order valence-electron chi connectivity index (χ1n) is 5.59. The first-order valence-corrected chi connectivity index (χ1v) is 5.59. The van der Waals surface area contributed by atoms with Gasteiger partial charge in [-0.1, -0.05) is 0 Å². The number of likely N-dealkylation sites (tertiary alicyclic amines) is 1. The molecule has 0 bridgehead atoms. The van der Waals surface area contributed by atoms with Crippen LogP contribution in [-0.2, 0) is 18.4 Å². The molecule has 0 aromatic carbocycles. The predicted octanol–water partition coefficient (Wildman–Crippen LogP) is 0.859. The number of carboxylic acids is 1. The van der Waals surface area contributed by atoms with E-state index in [2.05, 4.69) is 9.88 Å². The van der Waals surface area contributed by atoms with E-state index in [0.29, 0.717) is 0 Å². The fourth-order valence-electron chi connectivity index (χ4n) is 2.27. The molecule has 0 aliphatic carbocycles. The molecule has 5 nitrogen and oxygen atoms in total. The van der Waals surface area contributed by atoms with Crippen LogP contribution in [-0.4, -0.2) is 38.1 Å². The van der Waals surface area contributed by atoms with Crippen molar-refractivity contribution in [2.75, 3.05) is 6.54 Å². The number of carbonyl (C=O) groups is 1. The Kier molecular flexibility index (Phi) is 3.24. The van der Waals surface area contributed by atoms with Crippen LogP contribution in [0.3, 0.4) is 0 Å². The Bertz CT molecular complexity index is 375. The standard InChI is InChI=1S/C11H17N3O2/c1-13-6-4-12-10(13)8-14-5-2-3-9(14)7-11(15)16/h4,6,9H,2-3,5,7-8H2,1H3,(H,15,16). The molecule has 0 spiro atoms. The van der Waals surface area contributed by atoms with Gasteiger partial charge < -0.3 is 9.67 Å². The van der Waals surface area contributed by atoms with Crippen LogP contribution in [0.25, 0.3) is 0 Å². The van der Waals surface area contributed by atoms with Gasteiger partial charge >= 0.3 is 5.97 Å². The fourth-order valence-corrected chi connectivity index (χ4v) is 2.27. The van der Waals surface area contributed by atoms with Crippen molar-refractivity contribution in [2.45, 2.75) is 31.8 Å². The number of imidazole rings is 1. The smallest absolute Gasteiger partial charge is 0.304 e. The second kappa shape index (κ2) is 4.65. The molecule has 2 rings (SSSR count). The van der Waals surface area contributed by atoms with E-state index in [4.69, 9.17) is 5.11 Å². The highest BCUT2D eigenvalue weighted by atomic mass is 16.4. The summed E-state index contributed by atoms with van der Waals surface area (Å²) in [7, 11) is 1.96. The van der Waals surface area contributed by atoms with Crippen molar-refractivity contribution in [3.05, 3.63) is 18.2 Å². The van der Waals surface area contributed by atoms with Crippen molar-refractivity contribution in [1.82, 2.24) is 14.5 Å². The van der Waals surface area contributed by atoms with E-state index in [1.54, 1.807) is 6.20 Å². The zero-order chi connectivity index (χ0) is 11.5.